The maximum Gasteiger partial charge on any atom is 0.309 e. The summed E-state index contributed by atoms with van der Waals surface area (Å²) in [4.78, 5) is 29.6. The quantitative estimate of drug-likeness (QED) is 0.600. The zero-order valence-electron chi connectivity index (χ0n) is 21.0. The maximum atomic E-state index is 13.1. The van der Waals surface area contributed by atoms with Crippen molar-refractivity contribution in [2.24, 2.45) is 5.92 Å². The highest BCUT2D eigenvalue weighted by Crippen LogP contribution is 2.34. The molecule has 2 aliphatic heterocycles. The van der Waals surface area contributed by atoms with E-state index < -0.39 is 0 Å². The molecule has 0 aromatic carbocycles. The van der Waals surface area contributed by atoms with Crippen LogP contribution >= 0.6 is 11.3 Å². The Balaban J connectivity index is 1.13. The lowest BCUT2D eigenvalue weighted by atomic mass is 9.87. The Morgan fingerprint density at radius 2 is 1.80 bits per heavy atom. The minimum absolute atomic E-state index is 0.0320. The number of esters is 1. The number of nitrogens with zero attached hydrogens (tertiary/aromatic N) is 3. The first-order valence-electron chi connectivity index (χ1n) is 13.3. The van der Waals surface area contributed by atoms with Crippen LogP contribution in [0.4, 0.5) is 0 Å². The van der Waals surface area contributed by atoms with E-state index in [-0.39, 0.29) is 23.8 Å². The minimum Gasteiger partial charge on any atom is -0.466 e. The number of carbonyl (C=O) groups excluding carboxylic acids is 2. The lowest BCUT2D eigenvalue weighted by Gasteiger charge is -2.40. The van der Waals surface area contributed by atoms with Gasteiger partial charge in [-0.15, -0.1) is 11.3 Å². The van der Waals surface area contributed by atoms with Crippen molar-refractivity contribution in [3.63, 3.8) is 0 Å². The predicted octanol–water partition coefficient (Wildman–Crippen LogP) is 4.07. The number of aromatic nitrogens is 2. The van der Waals surface area contributed by atoms with Crippen LogP contribution in [-0.4, -0.2) is 71.6 Å². The lowest BCUT2D eigenvalue weighted by Crippen LogP contribution is -2.47. The van der Waals surface area contributed by atoms with Gasteiger partial charge in [0, 0.05) is 30.7 Å². The molecule has 3 fully saturated rings. The molecule has 8 nitrogen and oxygen atoms in total. The molecule has 0 atom stereocenters. The highest BCUT2D eigenvalue weighted by atomic mass is 32.1. The van der Waals surface area contributed by atoms with Gasteiger partial charge in [-0.2, -0.15) is 5.10 Å². The van der Waals surface area contributed by atoms with Crippen LogP contribution in [-0.2, 0) is 14.3 Å². The summed E-state index contributed by atoms with van der Waals surface area (Å²) in [6.45, 7) is 7.85. The van der Waals surface area contributed by atoms with Gasteiger partial charge in [-0.05, 0) is 84.4 Å². The molecule has 0 bridgehead atoms. The van der Waals surface area contributed by atoms with Gasteiger partial charge in [-0.3, -0.25) is 14.3 Å². The monoisotopic (exact) mass is 502 g/mol. The Bertz CT molecular complexity index is 1030. The molecule has 0 radical (unpaired) electrons. The first-order valence-corrected chi connectivity index (χ1v) is 14.1. The Morgan fingerprint density at radius 1 is 1.09 bits per heavy atom. The van der Waals surface area contributed by atoms with E-state index in [1.54, 1.807) is 11.3 Å². The maximum absolute atomic E-state index is 13.1. The van der Waals surface area contributed by atoms with Crippen LogP contribution in [0.25, 0.3) is 10.2 Å². The number of aryl methyl sites for hydroxylation is 1. The van der Waals surface area contributed by atoms with E-state index in [0.29, 0.717) is 18.7 Å². The van der Waals surface area contributed by atoms with E-state index in [4.69, 9.17) is 14.6 Å². The van der Waals surface area contributed by atoms with Crippen LogP contribution < -0.4 is 5.32 Å². The number of hydrogen-bond acceptors (Lipinski definition) is 7. The van der Waals surface area contributed by atoms with Gasteiger partial charge in [0.25, 0.3) is 5.91 Å². The number of rotatable bonds is 6. The van der Waals surface area contributed by atoms with Crippen LogP contribution in [0, 0.1) is 12.8 Å². The average Bonchev–Trinajstić information content (AvgIpc) is 3.46. The largest absolute Gasteiger partial charge is 0.466 e. The van der Waals surface area contributed by atoms with Gasteiger partial charge in [0.05, 0.1) is 29.1 Å². The molecule has 1 amide bonds. The third kappa shape index (κ3) is 5.42. The molecule has 4 heterocycles. The molecule has 1 N–H and O–H groups in total. The summed E-state index contributed by atoms with van der Waals surface area (Å²) in [5.74, 6) is 0.0728. The fraction of sp³-hybridized carbons (Fsp3) is 0.731. The Morgan fingerprint density at radius 3 is 2.49 bits per heavy atom. The highest BCUT2D eigenvalue weighted by Gasteiger charge is 2.32. The number of nitrogens with one attached hydrogen (secondary N) is 1. The van der Waals surface area contributed by atoms with Crippen molar-refractivity contribution in [3.8, 4) is 0 Å². The van der Waals surface area contributed by atoms with Gasteiger partial charge in [0.1, 0.15) is 4.83 Å². The Labute approximate surface area is 211 Å². The first-order chi connectivity index (χ1) is 17.0. The van der Waals surface area contributed by atoms with Gasteiger partial charge in [-0.25, -0.2) is 0 Å². The van der Waals surface area contributed by atoms with Crippen molar-refractivity contribution in [1.29, 1.82) is 0 Å². The normalized spacial score (nSPS) is 25.1. The lowest BCUT2D eigenvalue weighted by molar-refractivity contribution is -0.149. The standard InChI is InChI=1S/C26H38N4O4S/c1-3-34-26(32)18-8-12-29(13-9-18)20-6-4-19(5-7-20)27-24(31)23-16-22-17(2)28-30(25(22)35-23)21-10-14-33-15-11-21/h16,18-21H,3-15H2,1-2H3,(H,27,31). The van der Waals surface area contributed by atoms with E-state index in [1.807, 2.05) is 19.9 Å². The molecule has 1 saturated carbocycles. The summed E-state index contributed by atoms with van der Waals surface area (Å²) in [7, 11) is 0. The van der Waals surface area contributed by atoms with Crippen LogP contribution in [0.2, 0.25) is 0 Å². The predicted molar refractivity (Wildman–Crippen MR) is 136 cm³/mol. The van der Waals surface area contributed by atoms with Crippen LogP contribution in [0.5, 0.6) is 0 Å². The number of piperidine rings is 1. The van der Waals surface area contributed by atoms with E-state index >= 15 is 0 Å². The molecule has 0 unspecified atom stereocenters. The second-order valence-corrected chi connectivity index (χ2v) is 11.3. The molecule has 2 aromatic heterocycles. The zero-order chi connectivity index (χ0) is 24.4. The summed E-state index contributed by atoms with van der Waals surface area (Å²) in [5, 5.41) is 9.18. The first kappa shape index (κ1) is 24.7. The van der Waals surface area contributed by atoms with Crippen molar-refractivity contribution in [2.45, 2.75) is 83.3 Å². The Hall–Kier alpha value is -1.97. The highest BCUT2D eigenvalue weighted by molar-refractivity contribution is 7.20. The number of fused-ring (bicyclic) bond motifs is 1. The van der Waals surface area contributed by atoms with Crippen molar-refractivity contribution >= 4 is 33.4 Å². The van der Waals surface area contributed by atoms with Crippen molar-refractivity contribution in [1.82, 2.24) is 20.0 Å². The van der Waals surface area contributed by atoms with Crippen LogP contribution in [0.1, 0.15) is 79.7 Å². The zero-order valence-corrected chi connectivity index (χ0v) is 21.8. The van der Waals surface area contributed by atoms with Gasteiger partial charge in [0.15, 0.2) is 0 Å². The summed E-state index contributed by atoms with van der Waals surface area (Å²) in [5.41, 5.74) is 0.994. The second kappa shape index (κ2) is 11.0. The fourth-order valence-corrected chi connectivity index (χ4v) is 7.10. The number of thiophene rings is 1. The van der Waals surface area contributed by atoms with Crippen molar-refractivity contribution in [2.75, 3.05) is 32.9 Å². The second-order valence-electron chi connectivity index (χ2n) is 10.2. The molecular weight excluding hydrogens is 464 g/mol. The fourth-order valence-electron chi connectivity index (χ4n) is 5.96. The van der Waals surface area contributed by atoms with E-state index in [9.17, 15) is 9.59 Å². The number of amides is 1. The average molecular weight is 503 g/mol. The molecule has 2 aromatic rings. The van der Waals surface area contributed by atoms with E-state index in [2.05, 4.69) is 14.9 Å². The van der Waals surface area contributed by atoms with E-state index in [1.165, 1.54) is 0 Å². The molecular formula is C26H38N4O4S. The summed E-state index contributed by atoms with van der Waals surface area (Å²) in [6.07, 6.45) is 7.94. The Kier molecular flexibility index (Phi) is 7.74. The molecule has 3 aliphatic rings. The van der Waals surface area contributed by atoms with Gasteiger partial charge in [-0.1, -0.05) is 0 Å². The SMILES string of the molecule is CCOC(=O)C1CCN(C2CCC(NC(=O)c3cc4c(C)nn(C5CCOCC5)c4s3)CC2)CC1. The summed E-state index contributed by atoms with van der Waals surface area (Å²) >= 11 is 1.57. The molecule has 192 valence electrons. The van der Waals surface area contributed by atoms with Crippen molar-refractivity contribution in [3.05, 3.63) is 16.6 Å². The van der Waals surface area contributed by atoms with Gasteiger partial charge >= 0.3 is 5.97 Å². The third-order valence-corrected chi connectivity index (χ3v) is 9.15. The number of ether oxygens (including phenoxy) is 2. The topological polar surface area (TPSA) is 85.7 Å². The molecule has 2 saturated heterocycles. The summed E-state index contributed by atoms with van der Waals surface area (Å²) < 4.78 is 12.8. The molecule has 0 spiro atoms. The van der Waals surface area contributed by atoms with Crippen molar-refractivity contribution < 1.29 is 19.1 Å². The van der Waals surface area contributed by atoms with Crippen LogP contribution in [0.3, 0.4) is 0 Å². The number of carbonyl (C=O) groups is 2. The smallest absolute Gasteiger partial charge is 0.309 e. The third-order valence-electron chi connectivity index (χ3n) is 8.03. The molecule has 35 heavy (non-hydrogen) atoms. The molecule has 1 aliphatic carbocycles. The minimum atomic E-state index is -0.0320. The van der Waals surface area contributed by atoms with Gasteiger partial charge in [0.2, 0.25) is 0 Å². The number of hydrogen-bond donors (Lipinski definition) is 1. The van der Waals surface area contributed by atoms with E-state index in [0.717, 1.165) is 98.5 Å². The number of likely N-dealkylation sites (tertiary alicyclic amines) is 1. The van der Waals surface area contributed by atoms with Crippen LogP contribution in [0.15, 0.2) is 6.07 Å². The molecule has 5 rings (SSSR count). The summed E-state index contributed by atoms with van der Waals surface area (Å²) in [6, 6.07) is 3.16. The van der Waals surface area contributed by atoms with Gasteiger partial charge < -0.3 is 19.7 Å². The molecule has 9 heteroatoms.